The second kappa shape index (κ2) is 18.7. The molecule has 17 nitrogen and oxygen atoms in total. The van der Waals surface area contributed by atoms with Crippen molar-refractivity contribution in [3.8, 4) is 11.8 Å². The maximum Gasteiger partial charge on any atom is 0.284 e. The standard InChI is InChI=1S/C44H50F3N11O6/c1-54-40-27(4-2-6-30(40)38(52-54)31-11-12-37(60)51-43(31)61)5-3-18-64-35-13-15-55(23-33(35)45)21-26-7-9-28(10-8-26)58-24-34(39(53-58)41(46)47)49-44(62)32-20-48-57-16-14-36(50-42(32)57)56-17-19-63-29(22-56)25-59/h2,4,6,14,16,20,24,26,28-29,31,33,35,41,59H,7-13,15,17-19,21-23,25H2,1H3,(H,49,62)(H,51,60,61)/t26?,28?,29-,31?,33-,35+/m0/s1. The minimum atomic E-state index is -2.92. The number of para-hydroxylation sites is 1. The van der Waals surface area contributed by atoms with Gasteiger partial charge in [-0.2, -0.15) is 15.3 Å². The van der Waals surface area contributed by atoms with E-state index in [1.54, 1.807) is 24.0 Å². The van der Waals surface area contributed by atoms with E-state index in [1.807, 2.05) is 23.1 Å². The number of hydrogen-bond acceptors (Lipinski definition) is 12. The number of amides is 3. The highest BCUT2D eigenvalue weighted by Gasteiger charge is 2.34. The molecule has 4 atom stereocenters. The number of hydrogen-bond donors (Lipinski definition) is 3. The third kappa shape index (κ3) is 9.07. The van der Waals surface area contributed by atoms with Crippen LogP contribution in [0.15, 0.2) is 42.9 Å². The molecule has 1 aromatic carbocycles. The number of anilines is 2. The monoisotopic (exact) mass is 885 g/mol. The molecule has 9 rings (SSSR count). The van der Waals surface area contributed by atoms with Gasteiger partial charge in [0, 0.05) is 64.0 Å². The molecule has 1 saturated carbocycles. The highest BCUT2D eigenvalue weighted by Crippen LogP contribution is 2.36. The number of rotatable bonds is 11. The average molecular weight is 886 g/mol. The topological polar surface area (TPSA) is 186 Å². The lowest BCUT2D eigenvalue weighted by atomic mass is 9.85. The number of nitrogens with one attached hydrogen (secondary N) is 2. The summed E-state index contributed by atoms with van der Waals surface area (Å²) in [6.07, 6.45) is 3.64. The summed E-state index contributed by atoms with van der Waals surface area (Å²) in [5.74, 6) is 5.25. The van der Waals surface area contributed by atoms with Gasteiger partial charge >= 0.3 is 0 Å². The number of aryl methyl sites for hydroxylation is 1. The maximum absolute atomic E-state index is 15.5. The zero-order valence-electron chi connectivity index (χ0n) is 35.3. The van der Waals surface area contributed by atoms with Crippen molar-refractivity contribution in [3.63, 3.8) is 0 Å². The minimum Gasteiger partial charge on any atom is -0.394 e. The molecule has 5 aromatic rings. The number of piperidine rings is 2. The summed E-state index contributed by atoms with van der Waals surface area (Å²) in [6, 6.07) is 7.22. The van der Waals surface area contributed by atoms with Gasteiger partial charge in [0.15, 0.2) is 11.3 Å². The first-order valence-corrected chi connectivity index (χ1v) is 21.8. The Morgan fingerprint density at radius 1 is 1.09 bits per heavy atom. The number of likely N-dealkylation sites (tertiary alicyclic amines) is 1. The van der Waals surface area contributed by atoms with Gasteiger partial charge in [0.2, 0.25) is 11.8 Å². The second-order valence-corrected chi connectivity index (χ2v) is 17.0. The Balaban J connectivity index is 0.756. The van der Waals surface area contributed by atoms with Gasteiger partial charge in [0.05, 0.1) is 66.0 Å². The van der Waals surface area contributed by atoms with Gasteiger partial charge < -0.3 is 24.8 Å². The van der Waals surface area contributed by atoms with E-state index in [9.17, 15) is 28.3 Å². The van der Waals surface area contributed by atoms with Crippen LogP contribution in [0.2, 0.25) is 0 Å². The van der Waals surface area contributed by atoms with Gasteiger partial charge in [0.25, 0.3) is 12.3 Å². The molecule has 4 fully saturated rings. The van der Waals surface area contributed by atoms with Crippen LogP contribution >= 0.6 is 0 Å². The summed E-state index contributed by atoms with van der Waals surface area (Å²) in [5.41, 5.74) is 1.87. The summed E-state index contributed by atoms with van der Waals surface area (Å²) < 4.78 is 60.2. The SMILES string of the molecule is Cn1nc(C2CCC(=O)NC2=O)c2cccc(C#CCO[C@@H]3CCN(CC4CCC(n5cc(NC(=O)c6cnn7ccc(N8CCO[C@H](CO)C8)nc67)c(C(F)F)n5)CC4)C[C@@H]3F)c21. The zero-order chi connectivity index (χ0) is 44.5. The van der Waals surface area contributed by atoms with Crippen molar-refractivity contribution in [2.24, 2.45) is 13.0 Å². The molecule has 0 spiro atoms. The number of benzene rings is 1. The molecule has 20 heteroatoms. The van der Waals surface area contributed by atoms with Crippen LogP contribution in [0.25, 0.3) is 16.6 Å². The van der Waals surface area contributed by atoms with E-state index in [1.165, 1.54) is 21.6 Å². The Morgan fingerprint density at radius 3 is 2.72 bits per heavy atom. The summed E-state index contributed by atoms with van der Waals surface area (Å²) in [7, 11) is 1.79. The molecule has 3 aliphatic heterocycles. The van der Waals surface area contributed by atoms with Crippen molar-refractivity contribution in [1.29, 1.82) is 0 Å². The van der Waals surface area contributed by atoms with E-state index in [0.717, 1.165) is 30.3 Å². The van der Waals surface area contributed by atoms with Crippen molar-refractivity contribution >= 4 is 45.8 Å². The number of aliphatic hydroxyl groups excluding tert-OH is 1. The van der Waals surface area contributed by atoms with Gasteiger partial charge in [0.1, 0.15) is 24.2 Å². The van der Waals surface area contributed by atoms with Crippen molar-refractivity contribution in [2.45, 2.75) is 81.7 Å². The molecule has 0 radical (unpaired) electrons. The number of aromatic nitrogens is 7. The fourth-order valence-electron chi connectivity index (χ4n) is 9.49. The van der Waals surface area contributed by atoms with Crippen LogP contribution in [0.4, 0.5) is 24.7 Å². The van der Waals surface area contributed by atoms with Gasteiger partial charge in [-0.1, -0.05) is 24.0 Å². The number of halogens is 3. The van der Waals surface area contributed by atoms with Crippen LogP contribution in [0.1, 0.15) is 90.6 Å². The Hall–Kier alpha value is -5.88. The smallest absolute Gasteiger partial charge is 0.284 e. The predicted molar refractivity (Wildman–Crippen MR) is 227 cm³/mol. The average Bonchev–Trinajstić information content (AvgIpc) is 4.01. The Labute approximate surface area is 366 Å². The molecule has 1 aliphatic carbocycles. The van der Waals surface area contributed by atoms with Crippen LogP contribution < -0.4 is 15.5 Å². The Kier molecular flexibility index (Phi) is 12.7. The summed E-state index contributed by atoms with van der Waals surface area (Å²) in [5, 5.41) is 28.5. The van der Waals surface area contributed by atoms with E-state index >= 15 is 4.39 Å². The van der Waals surface area contributed by atoms with E-state index in [0.29, 0.717) is 74.9 Å². The third-order valence-corrected chi connectivity index (χ3v) is 12.8. The highest BCUT2D eigenvalue weighted by molar-refractivity contribution is 6.08. The molecule has 338 valence electrons. The van der Waals surface area contributed by atoms with Crippen LogP contribution in [-0.2, 0) is 26.1 Å². The van der Waals surface area contributed by atoms with Crippen LogP contribution in [-0.4, -0.2) is 133 Å². The molecule has 1 unspecified atom stereocenters. The van der Waals surface area contributed by atoms with Crippen molar-refractivity contribution in [2.75, 3.05) is 62.8 Å². The Morgan fingerprint density at radius 2 is 1.94 bits per heavy atom. The first-order valence-electron chi connectivity index (χ1n) is 21.8. The quantitative estimate of drug-likeness (QED) is 0.129. The lowest BCUT2D eigenvalue weighted by Gasteiger charge is -2.38. The van der Waals surface area contributed by atoms with Gasteiger partial charge in [-0.15, -0.1) is 0 Å². The first-order chi connectivity index (χ1) is 31.0. The fraction of sp³-hybridized carbons (Fsp3) is 0.523. The molecule has 4 aliphatic rings. The normalized spacial score (nSPS) is 24.6. The van der Waals surface area contributed by atoms with Gasteiger partial charge in [-0.3, -0.25) is 34.0 Å². The number of aliphatic hydroxyl groups is 1. The molecule has 64 heavy (non-hydrogen) atoms. The van der Waals surface area contributed by atoms with E-state index in [4.69, 9.17) is 9.47 Å². The molecule has 4 aromatic heterocycles. The van der Waals surface area contributed by atoms with E-state index in [-0.39, 0.29) is 67.0 Å². The summed E-state index contributed by atoms with van der Waals surface area (Å²) in [4.78, 5) is 46.5. The van der Waals surface area contributed by atoms with Gasteiger partial charge in [-0.25, -0.2) is 22.7 Å². The van der Waals surface area contributed by atoms with Gasteiger partial charge in [-0.05, 0) is 56.6 Å². The third-order valence-electron chi connectivity index (χ3n) is 12.8. The number of nitrogens with zero attached hydrogens (tertiary/aromatic N) is 9. The van der Waals surface area contributed by atoms with Crippen LogP contribution in [0.3, 0.4) is 0 Å². The highest BCUT2D eigenvalue weighted by atomic mass is 19.3. The molecule has 7 heterocycles. The number of alkyl halides is 3. The molecular weight excluding hydrogens is 836 g/mol. The number of imide groups is 1. The molecule has 3 amide bonds. The molecular formula is C44H50F3N11O6. The van der Waals surface area contributed by atoms with Crippen molar-refractivity contribution < 1.29 is 42.1 Å². The largest absolute Gasteiger partial charge is 0.394 e. The number of morpholine rings is 1. The summed E-state index contributed by atoms with van der Waals surface area (Å²) in [6.45, 7) is 2.95. The minimum absolute atomic E-state index is 0.0522. The maximum atomic E-state index is 15.5. The number of carbonyl (C=O) groups excluding carboxylic acids is 3. The summed E-state index contributed by atoms with van der Waals surface area (Å²) >= 11 is 0. The first kappa shape index (κ1) is 43.4. The lowest BCUT2D eigenvalue weighted by Crippen LogP contribution is -2.47. The Bertz CT molecular complexity index is 2590. The number of carbonyl (C=O) groups is 3. The van der Waals surface area contributed by atoms with E-state index in [2.05, 4.69) is 47.7 Å². The van der Waals surface area contributed by atoms with Crippen molar-refractivity contribution in [1.82, 2.24) is 44.4 Å². The molecule has 3 N–H and O–H groups in total. The lowest BCUT2D eigenvalue weighted by molar-refractivity contribution is -0.134. The second-order valence-electron chi connectivity index (χ2n) is 17.0. The number of ether oxygens (including phenoxy) is 2. The number of fused-ring (bicyclic) bond motifs is 2. The fourth-order valence-corrected chi connectivity index (χ4v) is 9.49. The van der Waals surface area contributed by atoms with Crippen LogP contribution in [0.5, 0.6) is 0 Å². The molecule has 0 bridgehead atoms. The predicted octanol–water partition coefficient (Wildman–Crippen LogP) is 3.93. The van der Waals surface area contributed by atoms with Crippen LogP contribution in [0, 0.1) is 17.8 Å². The van der Waals surface area contributed by atoms with E-state index < -0.39 is 36.2 Å². The van der Waals surface area contributed by atoms with Crippen molar-refractivity contribution in [3.05, 3.63) is 65.4 Å². The zero-order valence-corrected chi connectivity index (χ0v) is 35.3. The molecule has 3 saturated heterocycles.